The van der Waals surface area contributed by atoms with Gasteiger partial charge in [-0.25, -0.2) is 8.42 Å². The van der Waals surface area contributed by atoms with Crippen LogP contribution in [0, 0.1) is 0 Å². The third-order valence-corrected chi connectivity index (χ3v) is 3.88. The Bertz CT molecular complexity index is 667. The number of sulfone groups is 1. The fraction of sp³-hybridized carbons (Fsp3) is 0.333. The van der Waals surface area contributed by atoms with Crippen LogP contribution in [0.4, 0.5) is 0 Å². The quantitative estimate of drug-likeness (QED) is 0.792. The summed E-state index contributed by atoms with van der Waals surface area (Å²) in [7, 11) is -3.25. The van der Waals surface area contributed by atoms with E-state index in [4.69, 9.17) is 16.0 Å². The van der Waals surface area contributed by atoms with E-state index in [0.717, 1.165) is 12.7 Å². The third kappa shape index (κ3) is 3.54. The highest BCUT2D eigenvalue weighted by Gasteiger charge is 2.12. The maximum atomic E-state index is 11.5. The van der Waals surface area contributed by atoms with Crippen LogP contribution >= 0.6 is 11.6 Å². The Hall–Kier alpha value is -1.40. The van der Waals surface area contributed by atoms with Gasteiger partial charge in [-0.2, -0.15) is 0 Å². The molecule has 0 fully saturated rings. The Kier molecular flexibility index (Phi) is 4.21. The molecule has 0 N–H and O–H groups in total. The van der Waals surface area contributed by atoms with E-state index in [1.54, 1.807) is 12.1 Å². The van der Waals surface area contributed by atoms with Crippen molar-refractivity contribution in [1.82, 2.24) is 10.2 Å². The molecule has 102 valence electrons. The van der Waals surface area contributed by atoms with Crippen molar-refractivity contribution in [3.05, 3.63) is 30.2 Å². The van der Waals surface area contributed by atoms with E-state index in [-0.39, 0.29) is 4.90 Å². The van der Waals surface area contributed by atoms with E-state index in [1.165, 1.54) is 12.1 Å². The first-order valence-electron chi connectivity index (χ1n) is 5.69. The van der Waals surface area contributed by atoms with Crippen LogP contribution < -0.4 is 0 Å². The molecular weight excluding hydrogens is 288 g/mol. The minimum atomic E-state index is -3.25. The van der Waals surface area contributed by atoms with Crippen molar-refractivity contribution in [3.8, 4) is 11.5 Å². The van der Waals surface area contributed by atoms with Gasteiger partial charge in [0.2, 0.25) is 11.8 Å². The van der Waals surface area contributed by atoms with Gasteiger partial charge in [0, 0.05) is 24.1 Å². The minimum absolute atomic E-state index is 0.227. The Morgan fingerprint density at radius 1 is 1.32 bits per heavy atom. The Morgan fingerprint density at radius 3 is 2.79 bits per heavy atom. The molecule has 0 saturated carbocycles. The molecule has 0 bridgehead atoms. The highest BCUT2D eigenvalue weighted by Crippen LogP contribution is 2.21. The first-order valence-corrected chi connectivity index (χ1v) is 8.12. The number of nitrogens with zero attached hydrogens (tertiary/aromatic N) is 2. The Labute approximate surface area is 116 Å². The SMILES string of the molecule is CS(=O)(=O)c1cccc(-c2nnc(CCCCl)o2)c1. The summed E-state index contributed by atoms with van der Waals surface area (Å²) in [5.74, 6) is 1.34. The van der Waals surface area contributed by atoms with E-state index in [2.05, 4.69) is 10.2 Å². The number of aryl methyl sites for hydroxylation is 1. The topological polar surface area (TPSA) is 73.1 Å². The molecule has 5 nitrogen and oxygen atoms in total. The smallest absolute Gasteiger partial charge is 0.247 e. The summed E-state index contributed by atoms with van der Waals surface area (Å²) in [6.07, 6.45) is 2.53. The molecule has 0 saturated heterocycles. The molecule has 0 aliphatic heterocycles. The molecule has 0 aliphatic carbocycles. The van der Waals surface area contributed by atoms with Gasteiger partial charge in [0.25, 0.3) is 0 Å². The molecule has 0 radical (unpaired) electrons. The summed E-state index contributed by atoms with van der Waals surface area (Å²) >= 11 is 5.59. The second kappa shape index (κ2) is 5.71. The molecule has 2 aromatic rings. The van der Waals surface area contributed by atoms with Crippen molar-refractivity contribution < 1.29 is 12.8 Å². The second-order valence-corrected chi connectivity index (χ2v) is 6.49. The van der Waals surface area contributed by atoms with Crippen LogP contribution in [0.1, 0.15) is 12.3 Å². The van der Waals surface area contributed by atoms with Crippen molar-refractivity contribution in [2.45, 2.75) is 17.7 Å². The molecule has 7 heteroatoms. The maximum absolute atomic E-state index is 11.5. The number of hydrogen-bond donors (Lipinski definition) is 0. The maximum Gasteiger partial charge on any atom is 0.247 e. The minimum Gasteiger partial charge on any atom is -0.421 e. The van der Waals surface area contributed by atoms with Crippen LogP contribution in [0.3, 0.4) is 0 Å². The standard InChI is InChI=1S/C12H13ClN2O3S/c1-19(16,17)10-5-2-4-9(8-10)12-15-14-11(18-12)6-3-7-13/h2,4-5,8H,3,6-7H2,1H3. The monoisotopic (exact) mass is 300 g/mol. The van der Waals surface area contributed by atoms with E-state index in [1.807, 2.05) is 0 Å². The zero-order chi connectivity index (χ0) is 13.9. The summed E-state index contributed by atoms with van der Waals surface area (Å²) in [5.41, 5.74) is 0.590. The first kappa shape index (κ1) is 14.0. The van der Waals surface area contributed by atoms with Gasteiger partial charge in [-0.3, -0.25) is 0 Å². The molecule has 0 aliphatic rings. The molecule has 0 spiro atoms. The van der Waals surface area contributed by atoms with Crippen LogP contribution in [-0.4, -0.2) is 30.8 Å². The normalized spacial score (nSPS) is 11.7. The van der Waals surface area contributed by atoms with Gasteiger partial charge >= 0.3 is 0 Å². The van der Waals surface area contributed by atoms with Gasteiger partial charge in [-0.15, -0.1) is 21.8 Å². The zero-order valence-electron chi connectivity index (χ0n) is 10.3. The highest BCUT2D eigenvalue weighted by atomic mass is 35.5. The number of alkyl halides is 1. The molecule has 1 heterocycles. The average molecular weight is 301 g/mol. The third-order valence-electron chi connectivity index (χ3n) is 2.50. The van der Waals surface area contributed by atoms with E-state index >= 15 is 0 Å². The van der Waals surface area contributed by atoms with Crippen LogP contribution in [0.2, 0.25) is 0 Å². The van der Waals surface area contributed by atoms with E-state index < -0.39 is 9.84 Å². The second-order valence-electron chi connectivity index (χ2n) is 4.09. The van der Waals surface area contributed by atoms with Crippen LogP contribution in [0.25, 0.3) is 11.5 Å². The number of aromatic nitrogens is 2. The Balaban J connectivity index is 2.29. The number of benzene rings is 1. The zero-order valence-corrected chi connectivity index (χ0v) is 11.9. The fourth-order valence-electron chi connectivity index (χ4n) is 1.55. The lowest BCUT2D eigenvalue weighted by Crippen LogP contribution is -1.96. The molecule has 0 atom stereocenters. The number of rotatable bonds is 5. The van der Waals surface area contributed by atoms with Gasteiger partial charge < -0.3 is 4.42 Å². The molecular formula is C12H13ClN2O3S. The highest BCUT2D eigenvalue weighted by molar-refractivity contribution is 7.90. The lowest BCUT2D eigenvalue weighted by Gasteiger charge is -1.99. The molecule has 19 heavy (non-hydrogen) atoms. The number of halogens is 1. The Morgan fingerprint density at radius 2 is 2.11 bits per heavy atom. The van der Waals surface area contributed by atoms with Crippen molar-refractivity contribution in [2.24, 2.45) is 0 Å². The lowest BCUT2D eigenvalue weighted by molar-refractivity contribution is 0.502. The summed E-state index contributed by atoms with van der Waals surface area (Å²) < 4.78 is 28.4. The van der Waals surface area contributed by atoms with Gasteiger partial charge in [0.1, 0.15) is 0 Å². The van der Waals surface area contributed by atoms with Crippen molar-refractivity contribution in [1.29, 1.82) is 0 Å². The predicted octanol–water partition coefficient (Wildman–Crippen LogP) is 2.31. The molecule has 0 amide bonds. The summed E-state index contributed by atoms with van der Waals surface area (Å²) in [6, 6.07) is 6.43. The summed E-state index contributed by atoms with van der Waals surface area (Å²) in [5, 5.41) is 7.81. The predicted molar refractivity (Wildman–Crippen MR) is 71.9 cm³/mol. The van der Waals surface area contributed by atoms with Crippen molar-refractivity contribution >= 4 is 21.4 Å². The van der Waals surface area contributed by atoms with E-state index in [0.29, 0.717) is 29.6 Å². The summed E-state index contributed by atoms with van der Waals surface area (Å²) in [6.45, 7) is 0. The molecule has 1 aromatic heterocycles. The first-order chi connectivity index (χ1) is 9.00. The molecule has 0 unspecified atom stereocenters. The molecule has 2 rings (SSSR count). The largest absolute Gasteiger partial charge is 0.421 e. The number of hydrogen-bond acceptors (Lipinski definition) is 5. The van der Waals surface area contributed by atoms with Gasteiger partial charge in [0.05, 0.1) is 4.90 Å². The average Bonchev–Trinajstić information content (AvgIpc) is 2.84. The van der Waals surface area contributed by atoms with Crippen molar-refractivity contribution in [2.75, 3.05) is 12.1 Å². The fourth-order valence-corrected chi connectivity index (χ4v) is 2.35. The summed E-state index contributed by atoms with van der Waals surface area (Å²) in [4.78, 5) is 0.227. The van der Waals surface area contributed by atoms with Gasteiger partial charge in [0.15, 0.2) is 9.84 Å². The lowest BCUT2D eigenvalue weighted by atomic mass is 10.2. The molecule has 1 aromatic carbocycles. The van der Waals surface area contributed by atoms with Crippen molar-refractivity contribution in [3.63, 3.8) is 0 Å². The van der Waals surface area contributed by atoms with Crippen LogP contribution in [-0.2, 0) is 16.3 Å². The van der Waals surface area contributed by atoms with Crippen LogP contribution in [0.15, 0.2) is 33.6 Å². The van der Waals surface area contributed by atoms with Gasteiger partial charge in [-0.05, 0) is 24.6 Å². The van der Waals surface area contributed by atoms with Gasteiger partial charge in [-0.1, -0.05) is 6.07 Å². The van der Waals surface area contributed by atoms with E-state index in [9.17, 15) is 8.42 Å². The van der Waals surface area contributed by atoms with Crippen LogP contribution in [0.5, 0.6) is 0 Å².